The zero-order chi connectivity index (χ0) is 18.1. The topological polar surface area (TPSA) is 70.5 Å². The summed E-state index contributed by atoms with van der Waals surface area (Å²) in [4.78, 5) is 29.0. The molecule has 0 unspecified atom stereocenters. The fourth-order valence-electron chi connectivity index (χ4n) is 4.35. The minimum atomic E-state index is -0.0110. The van der Waals surface area contributed by atoms with Gasteiger partial charge in [0.15, 0.2) is 0 Å². The molecule has 2 heterocycles. The van der Waals surface area contributed by atoms with Crippen LogP contribution in [0.5, 0.6) is 0 Å². The summed E-state index contributed by atoms with van der Waals surface area (Å²) >= 11 is 0. The molecule has 142 valence electrons. The molecule has 26 heavy (non-hydrogen) atoms. The van der Waals surface area contributed by atoms with Gasteiger partial charge < -0.3 is 15.1 Å². The van der Waals surface area contributed by atoms with E-state index in [-0.39, 0.29) is 17.9 Å². The lowest BCUT2D eigenvalue weighted by molar-refractivity contribution is -0.129. The summed E-state index contributed by atoms with van der Waals surface area (Å²) in [5.74, 6) is 0.511. The van der Waals surface area contributed by atoms with Crippen LogP contribution in [0.1, 0.15) is 50.5 Å². The summed E-state index contributed by atoms with van der Waals surface area (Å²) in [5, 5.41) is 7.27. The lowest BCUT2D eigenvalue weighted by atomic mass is 10.1. The number of likely N-dealkylation sites (tertiary alicyclic amines) is 1. The summed E-state index contributed by atoms with van der Waals surface area (Å²) in [7, 11) is 1.89. The highest BCUT2D eigenvalue weighted by Crippen LogP contribution is 2.30. The van der Waals surface area contributed by atoms with Gasteiger partial charge in [0.05, 0.1) is 12.7 Å². The number of aromatic nitrogens is 2. The van der Waals surface area contributed by atoms with E-state index >= 15 is 0 Å². The van der Waals surface area contributed by atoms with Crippen molar-refractivity contribution in [1.29, 1.82) is 0 Å². The van der Waals surface area contributed by atoms with E-state index in [4.69, 9.17) is 0 Å². The lowest BCUT2D eigenvalue weighted by Crippen LogP contribution is -2.43. The summed E-state index contributed by atoms with van der Waals surface area (Å²) in [6.45, 7) is 1.99. The van der Waals surface area contributed by atoms with Gasteiger partial charge in [-0.1, -0.05) is 12.8 Å². The van der Waals surface area contributed by atoms with Gasteiger partial charge in [-0.25, -0.2) is 4.79 Å². The normalized spacial score (nSPS) is 23.7. The quantitative estimate of drug-likeness (QED) is 0.843. The number of amides is 3. The molecule has 0 aromatic carbocycles. The minimum absolute atomic E-state index is 0.0110. The van der Waals surface area contributed by atoms with E-state index in [1.54, 1.807) is 4.68 Å². The number of hydrogen-bond donors (Lipinski definition) is 1. The average Bonchev–Trinajstić information content (AvgIpc) is 3.00. The van der Waals surface area contributed by atoms with Crippen LogP contribution >= 0.6 is 0 Å². The van der Waals surface area contributed by atoms with Crippen molar-refractivity contribution in [2.45, 2.75) is 63.6 Å². The number of carbonyl (C=O) groups is 2. The maximum Gasteiger partial charge on any atom is 0.317 e. The standard InChI is InChI=1S/C19H29N5O2/c1-22-11-15(10-21-22)13-24(17-6-7-17)19(26)20-9-14-8-18(25)23(12-14)16-4-2-3-5-16/h10-11,14,16-17H,2-9,12-13H2,1H3,(H,20,26)/t14-/m0/s1. The van der Waals surface area contributed by atoms with Crippen molar-refractivity contribution < 1.29 is 9.59 Å². The molecule has 1 aromatic heterocycles. The third-order valence-corrected chi connectivity index (χ3v) is 5.91. The Morgan fingerprint density at radius 3 is 2.73 bits per heavy atom. The number of nitrogens with one attached hydrogen (secondary N) is 1. The van der Waals surface area contributed by atoms with Gasteiger partial charge in [0, 0.05) is 56.3 Å². The molecule has 1 atom stereocenters. The van der Waals surface area contributed by atoms with Crippen LogP contribution in [-0.2, 0) is 18.4 Å². The number of hydrogen-bond acceptors (Lipinski definition) is 3. The van der Waals surface area contributed by atoms with Crippen LogP contribution in [0.4, 0.5) is 4.79 Å². The Balaban J connectivity index is 1.29. The molecule has 0 radical (unpaired) electrons. The number of aryl methyl sites for hydroxylation is 1. The Bertz CT molecular complexity index is 663. The van der Waals surface area contributed by atoms with Crippen LogP contribution in [-0.4, -0.2) is 56.7 Å². The molecule has 1 N–H and O–H groups in total. The van der Waals surface area contributed by atoms with Crippen LogP contribution in [0, 0.1) is 5.92 Å². The Kier molecular flexibility index (Phi) is 4.87. The van der Waals surface area contributed by atoms with Crippen molar-refractivity contribution in [1.82, 2.24) is 24.9 Å². The van der Waals surface area contributed by atoms with Gasteiger partial charge in [0.1, 0.15) is 0 Å². The van der Waals surface area contributed by atoms with Crippen LogP contribution < -0.4 is 5.32 Å². The Morgan fingerprint density at radius 1 is 1.31 bits per heavy atom. The van der Waals surface area contributed by atoms with Crippen LogP contribution in [0.2, 0.25) is 0 Å². The highest BCUT2D eigenvalue weighted by Gasteiger charge is 2.37. The van der Waals surface area contributed by atoms with E-state index in [1.807, 2.05) is 24.3 Å². The molecular formula is C19H29N5O2. The Labute approximate surface area is 154 Å². The molecule has 7 heteroatoms. The first kappa shape index (κ1) is 17.4. The molecule has 0 spiro atoms. The van der Waals surface area contributed by atoms with E-state index in [0.29, 0.717) is 31.6 Å². The number of nitrogens with zero attached hydrogens (tertiary/aromatic N) is 4. The highest BCUT2D eigenvalue weighted by molar-refractivity contribution is 5.79. The van der Waals surface area contributed by atoms with E-state index in [9.17, 15) is 9.59 Å². The van der Waals surface area contributed by atoms with Gasteiger partial charge in [-0.15, -0.1) is 0 Å². The third-order valence-electron chi connectivity index (χ3n) is 5.91. The summed E-state index contributed by atoms with van der Waals surface area (Å²) in [6.07, 6.45) is 11.3. The number of urea groups is 1. The maximum absolute atomic E-state index is 12.7. The summed E-state index contributed by atoms with van der Waals surface area (Å²) < 4.78 is 1.76. The first-order valence-electron chi connectivity index (χ1n) is 9.91. The van der Waals surface area contributed by atoms with Crippen LogP contribution in [0.3, 0.4) is 0 Å². The fourth-order valence-corrected chi connectivity index (χ4v) is 4.35. The second kappa shape index (κ2) is 7.29. The van der Waals surface area contributed by atoms with Crippen molar-refractivity contribution >= 4 is 11.9 Å². The fraction of sp³-hybridized carbons (Fsp3) is 0.737. The van der Waals surface area contributed by atoms with Crippen molar-refractivity contribution in [3.05, 3.63) is 18.0 Å². The molecule has 4 rings (SSSR count). The van der Waals surface area contributed by atoms with E-state index in [2.05, 4.69) is 15.3 Å². The molecule has 3 fully saturated rings. The van der Waals surface area contributed by atoms with E-state index < -0.39 is 0 Å². The molecule has 3 aliphatic rings. The molecule has 3 amide bonds. The van der Waals surface area contributed by atoms with Gasteiger partial charge in [-0.2, -0.15) is 5.10 Å². The first-order chi connectivity index (χ1) is 12.6. The molecule has 2 aliphatic carbocycles. The summed E-state index contributed by atoms with van der Waals surface area (Å²) in [5.41, 5.74) is 1.05. The van der Waals surface area contributed by atoms with Gasteiger partial charge >= 0.3 is 6.03 Å². The van der Waals surface area contributed by atoms with Gasteiger partial charge in [-0.3, -0.25) is 9.48 Å². The zero-order valence-corrected chi connectivity index (χ0v) is 15.6. The molecule has 7 nitrogen and oxygen atoms in total. The predicted octanol–water partition coefficient (Wildman–Crippen LogP) is 1.89. The van der Waals surface area contributed by atoms with Crippen molar-refractivity contribution in [3.63, 3.8) is 0 Å². The molecular weight excluding hydrogens is 330 g/mol. The van der Waals surface area contributed by atoms with Gasteiger partial charge in [-0.05, 0) is 25.7 Å². The smallest absolute Gasteiger partial charge is 0.317 e. The van der Waals surface area contributed by atoms with Crippen molar-refractivity contribution in [2.24, 2.45) is 13.0 Å². The summed E-state index contributed by atoms with van der Waals surface area (Å²) in [6, 6.07) is 0.773. The second-order valence-corrected chi connectivity index (χ2v) is 8.12. The average molecular weight is 359 g/mol. The Morgan fingerprint density at radius 2 is 2.08 bits per heavy atom. The van der Waals surface area contributed by atoms with Gasteiger partial charge in [0.25, 0.3) is 0 Å². The number of rotatable bonds is 6. The molecule has 2 saturated carbocycles. The first-order valence-corrected chi connectivity index (χ1v) is 9.91. The minimum Gasteiger partial charge on any atom is -0.339 e. The van der Waals surface area contributed by atoms with Crippen molar-refractivity contribution in [3.8, 4) is 0 Å². The lowest BCUT2D eigenvalue weighted by Gasteiger charge is -2.25. The molecule has 0 bridgehead atoms. The predicted molar refractivity (Wildman–Crippen MR) is 97.2 cm³/mol. The zero-order valence-electron chi connectivity index (χ0n) is 15.6. The van der Waals surface area contributed by atoms with Crippen LogP contribution in [0.25, 0.3) is 0 Å². The second-order valence-electron chi connectivity index (χ2n) is 8.12. The molecule has 1 aliphatic heterocycles. The Hall–Kier alpha value is -2.05. The highest BCUT2D eigenvalue weighted by atomic mass is 16.2. The van der Waals surface area contributed by atoms with Crippen molar-refractivity contribution in [2.75, 3.05) is 13.1 Å². The van der Waals surface area contributed by atoms with E-state index in [1.165, 1.54) is 12.8 Å². The third kappa shape index (κ3) is 3.86. The largest absolute Gasteiger partial charge is 0.339 e. The number of carbonyl (C=O) groups excluding carboxylic acids is 2. The maximum atomic E-state index is 12.7. The van der Waals surface area contributed by atoms with E-state index in [0.717, 1.165) is 37.8 Å². The SMILES string of the molecule is Cn1cc(CN(C(=O)NC[C@@H]2CC(=O)N(C3CCCC3)C2)C2CC2)cn1. The molecule has 1 aromatic rings. The van der Waals surface area contributed by atoms with Gasteiger partial charge in [0.2, 0.25) is 5.91 Å². The molecule has 1 saturated heterocycles. The van der Waals surface area contributed by atoms with Crippen LogP contribution in [0.15, 0.2) is 12.4 Å². The monoisotopic (exact) mass is 359 g/mol.